The van der Waals surface area contributed by atoms with Crippen molar-refractivity contribution in [1.82, 2.24) is 20.0 Å². The van der Waals surface area contributed by atoms with Gasteiger partial charge in [0, 0.05) is 6.54 Å². The fourth-order valence-corrected chi connectivity index (χ4v) is 1.79. The first-order valence-electron chi connectivity index (χ1n) is 6.05. The minimum atomic E-state index is -0.336. The number of amides is 1. The van der Waals surface area contributed by atoms with E-state index < -0.39 is 0 Å². The Labute approximate surface area is 113 Å². The summed E-state index contributed by atoms with van der Waals surface area (Å²) in [7, 11) is 4.03. The molecular formula is C12H21ClN4O. The number of aromatic nitrogens is 2. The summed E-state index contributed by atoms with van der Waals surface area (Å²) in [6.07, 6.45) is 2.50. The van der Waals surface area contributed by atoms with E-state index in [2.05, 4.69) is 15.3 Å². The lowest BCUT2D eigenvalue weighted by molar-refractivity contribution is -0.124. The van der Waals surface area contributed by atoms with Crippen molar-refractivity contribution in [3.63, 3.8) is 0 Å². The molecule has 6 heteroatoms. The van der Waals surface area contributed by atoms with Crippen LogP contribution < -0.4 is 5.32 Å². The standard InChI is InChI=1S/C12H21ClN4O/c1-9-11(13)8-15-17(9)10(2)12(18)14-6-5-7-16(3)4/h8,10H,5-7H2,1-4H3,(H,14,18). The molecule has 1 rings (SSSR count). The average Bonchev–Trinajstić information content (AvgIpc) is 2.64. The van der Waals surface area contributed by atoms with Crippen LogP contribution in [-0.2, 0) is 4.79 Å². The van der Waals surface area contributed by atoms with E-state index in [9.17, 15) is 4.79 Å². The highest BCUT2D eigenvalue weighted by Crippen LogP contribution is 2.17. The molecule has 0 spiro atoms. The van der Waals surface area contributed by atoms with Gasteiger partial charge >= 0.3 is 0 Å². The number of hydrogen-bond acceptors (Lipinski definition) is 3. The van der Waals surface area contributed by atoms with Gasteiger partial charge in [-0.3, -0.25) is 9.48 Å². The van der Waals surface area contributed by atoms with Crippen molar-refractivity contribution < 1.29 is 4.79 Å². The fourth-order valence-electron chi connectivity index (χ4n) is 1.66. The van der Waals surface area contributed by atoms with Gasteiger partial charge < -0.3 is 10.2 Å². The molecule has 0 saturated carbocycles. The van der Waals surface area contributed by atoms with Crippen LogP contribution >= 0.6 is 11.6 Å². The number of carbonyl (C=O) groups excluding carboxylic acids is 1. The van der Waals surface area contributed by atoms with Crippen molar-refractivity contribution in [3.05, 3.63) is 16.9 Å². The zero-order chi connectivity index (χ0) is 13.7. The van der Waals surface area contributed by atoms with Gasteiger partial charge in [0.15, 0.2) is 0 Å². The Morgan fingerprint density at radius 2 is 2.28 bits per heavy atom. The minimum absolute atomic E-state index is 0.0309. The Hall–Kier alpha value is -1.07. The van der Waals surface area contributed by atoms with Gasteiger partial charge in [-0.1, -0.05) is 11.6 Å². The third-order valence-corrected chi connectivity index (χ3v) is 3.18. The van der Waals surface area contributed by atoms with Crippen molar-refractivity contribution in [1.29, 1.82) is 0 Å². The molecule has 5 nitrogen and oxygen atoms in total. The van der Waals surface area contributed by atoms with Crippen molar-refractivity contribution in [2.75, 3.05) is 27.2 Å². The summed E-state index contributed by atoms with van der Waals surface area (Å²) in [5, 5.41) is 7.60. The van der Waals surface area contributed by atoms with Gasteiger partial charge in [-0.2, -0.15) is 5.10 Å². The lowest BCUT2D eigenvalue weighted by Gasteiger charge is -2.15. The quantitative estimate of drug-likeness (QED) is 0.798. The molecule has 0 aliphatic heterocycles. The van der Waals surface area contributed by atoms with Crippen molar-refractivity contribution in [3.8, 4) is 0 Å². The summed E-state index contributed by atoms with van der Waals surface area (Å²) >= 11 is 5.92. The number of halogens is 1. The second kappa shape index (κ2) is 6.75. The molecule has 1 amide bonds. The van der Waals surface area contributed by atoms with Gasteiger partial charge in [-0.25, -0.2) is 0 Å². The van der Waals surface area contributed by atoms with E-state index in [0.717, 1.165) is 18.7 Å². The zero-order valence-corrected chi connectivity index (χ0v) is 12.2. The van der Waals surface area contributed by atoms with Gasteiger partial charge in [0.1, 0.15) is 6.04 Å². The monoisotopic (exact) mass is 272 g/mol. The van der Waals surface area contributed by atoms with E-state index in [4.69, 9.17) is 11.6 Å². The number of nitrogens with zero attached hydrogens (tertiary/aromatic N) is 3. The van der Waals surface area contributed by atoms with Gasteiger partial charge in [0.25, 0.3) is 0 Å². The van der Waals surface area contributed by atoms with E-state index >= 15 is 0 Å². The average molecular weight is 273 g/mol. The Balaban J connectivity index is 2.44. The van der Waals surface area contributed by atoms with Crippen molar-refractivity contribution in [2.45, 2.75) is 26.3 Å². The lowest BCUT2D eigenvalue weighted by Crippen LogP contribution is -2.33. The summed E-state index contributed by atoms with van der Waals surface area (Å²) in [6.45, 7) is 5.31. The number of hydrogen-bond donors (Lipinski definition) is 1. The Morgan fingerprint density at radius 1 is 1.61 bits per heavy atom. The van der Waals surface area contributed by atoms with Crippen LogP contribution in [0.5, 0.6) is 0 Å². The van der Waals surface area contributed by atoms with Crippen LogP contribution in [0.25, 0.3) is 0 Å². The molecule has 0 aliphatic rings. The van der Waals surface area contributed by atoms with Gasteiger partial charge in [-0.15, -0.1) is 0 Å². The molecule has 0 radical (unpaired) electrons. The predicted octanol–water partition coefficient (Wildman–Crippen LogP) is 1.47. The fraction of sp³-hybridized carbons (Fsp3) is 0.667. The SMILES string of the molecule is Cc1c(Cl)cnn1C(C)C(=O)NCCCN(C)C. The maximum absolute atomic E-state index is 11.9. The topological polar surface area (TPSA) is 50.2 Å². The molecule has 0 aliphatic carbocycles. The van der Waals surface area contributed by atoms with Gasteiger partial charge in [0.2, 0.25) is 5.91 Å². The Kier molecular flexibility index (Phi) is 5.62. The molecule has 0 bridgehead atoms. The third kappa shape index (κ3) is 3.99. The highest BCUT2D eigenvalue weighted by Gasteiger charge is 2.17. The molecule has 1 aromatic rings. The van der Waals surface area contributed by atoms with Crippen LogP contribution in [0.1, 0.15) is 25.1 Å². The van der Waals surface area contributed by atoms with Crippen LogP contribution in [0.3, 0.4) is 0 Å². The van der Waals surface area contributed by atoms with Crippen LogP contribution in [0, 0.1) is 6.92 Å². The normalized spacial score (nSPS) is 12.8. The number of carbonyl (C=O) groups is 1. The summed E-state index contributed by atoms with van der Waals surface area (Å²) in [5.41, 5.74) is 0.813. The summed E-state index contributed by atoms with van der Waals surface area (Å²) < 4.78 is 1.64. The first kappa shape index (κ1) is 15.0. The first-order chi connectivity index (χ1) is 8.43. The minimum Gasteiger partial charge on any atom is -0.354 e. The van der Waals surface area contributed by atoms with Crippen molar-refractivity contribution in [2.24, 2.45) is 0 Å². The van der Waals surface area contributed by atoms with Crippen LogP contribution in [0.4, 0.5) is 0 Å². The van der Waals surface area contributed by atoms with Crippen molar-refractivity contribution >= 4 is 17.5 Å². The maximum atomic E-state index is 11.9. The second-order valence-corrected chi connectivity index (χ2v) is 5.05. The van der Waals surface area contributed by atoms with Crippen LogP contribution in [0.2, 0.25) is 5.02 Å². The number of nitrogens with one attached hydrogen (secondary N) is 1. The first-order valence-corrected chi connectivity index (χ1v) is 6.43. The molecule has 1 atom stereocenters. The molecule has 0 saturated heterocycles. The summed E-state index contributed by atoms with van der Waals surface area (Å²) in [6, 6.07) is -0.336. The van der Waals surface area contributed by atoms with E-state index in [1.807, 2.05) is 27.9 Å². The summed E-state index contributed by atoms with van der Waals surface area (Å²) in [5.74, 6) is -0.0309. The predicted molar refractivity (Wildman–Crippen MR) is 72.9 cm³/mol. The molecule has 0 aromatic carbocycles. The maximum Gasteiger partial charge on any atom is 0.244 e. The number of rotatable bonds is 6. The Bertz CT molecular complexity index is 403. The molecular weight excluding hydrogens is 252 g/mol. The van der Waals surface area contributed by atoms with E-state index in [1.54, 1.807) is 10.9 Å². The molecule has 1 N–H and O–H groups in total. The lowest BCUT2D eigenvalue weighted by atomic mass is 10.3. The van der Waals surface area contributed by atoms with Crippen LogP contribution in [-0.4, -0.2) is 47.8 Å². The smallest absolute Gasteiger partial charge is 0.244 e. The van der Waals surface area contributed by atoms with Gasteiger partial charge in [-0.05, 0) is 40.9 Å². The van der Waals surface area contributed by atoms with Gasteiger partial charge in [0.05, 0.1) is 16.9 Å². The molecule has 18 heavy (non-hydrogen) atoms. The van der Waals surface area contributed by atoms with E-state index in [1.165, 1.54) is 0 Å². The second-order valence-electron chi connectivity index (χ2n) is 4.65. The largest absolute Gasteiger partial charge is 0.354 e. The Morgan fingerprint density at radius 3 is 2.78 bits per heavy atom. The van der Waals surface area contributed by atoms with Crippen LogP contribution in [0.15, 0.2) is 6.20 Å². The molecule has 1 aromatic heterocycles. The molecule has 0 fully saturated rings. The highest BCUT2D eigenvalue weighted by molar-refractivity contribution is 6.31. The van der Waals surface area contributed by atoms with E-state index in [-0.39, 0.29) is 11.9 Å². The van der Waals surface area contributed by atoms with E-state index in [0.29, 0.717) is 11.6 Å². The molecule has 102 valence electrons. The zero-order valence-electron chi connectivity index (χ0n) is 11.4. The highest BCUT2D eigenvalue weighted by atomic mass is 35.5. The molecule has 1 heterocycles. The summed E-state index contributed by atoms with van der Waals surface area (Å²) in [4.78, 5) is 14.0. The molecule has 1 unspecified atom stereocenters. The third-order valence-electron chi connectivity index (χ3n) is 2.81.